The lowest BCUT2D eigenvalue weighted by molar-refractivity contribution is -0.139. The number of ether oxygens (including phenoxy) is 1. The number of nitrogens with two attached hydrogens (primary N) is 1. The second kappa shape index (κ2) is 9.07. The molecule has 8 nitrogen and oxygen atoms in total. The molecular weight excluding hydrogens is 396 g/mol. The van der Waals surface area contributed by atoms with E-state index >= 15 is 0 Å². The van der Waals surface area contributed by atoms with Crippen LogP contribution in [-0.4, -0.2) is 54.9 Å². The number of benzene rings is 2. The molecule has 3 N–H and O–H groups in total. The molecule has 0 saturated carbocycles. The minimum absolute atomic E-state index is 0.0262. The van der Waals surface area contributed by atoms with Gasteiger partial charge in [-0.05, 0) is 55.7 Å². The molecule has 0 spiro atoms. The van der Waals surface area contributed by atoms with E-state index in [0.29, 0.717) is 23.5 Å². The van der Waals surface area contributed by atoms with Gasteiger partial charge < -0.3 is 25.6 Å². The number of likely N-dealkylation sites (tertiary alicyclic amines) is 1. The predicted molar refractivity (Wildman–Crippen MR) is 117 cm³/mol. The molecule has 1 atom stereocenters. The third kappa shape index (κ3) is 4.79. The number of amides is 3. The monoisotopic (exact) mass is 422 g/mol. The van der Waals surface area contributed by atoms with Crippen molar-refractivity contribution in [1.29, 1.82) is 0 Å². The summed E-state index contributed by atoms with van der Waals surface area (Å²) in [5, 5.41) is 2.82. The lowest BCUT2D eigenvalue weighted by atomic mass is 10.1. The van der Waals surface area contributed by atoms with E-state index in [1.165, 1.54) is 0 Å². The molecule has 4 rings (SSSR count). The van der Waals surface area contributed by atoms with Crippen LogP contribution in [0.3, 0.4) is 0 Å². The Balaban J connectivity index is 1.46. The summed E-state index contributed by atoms with van der Waals surface area (Å²) < 4.78 is 6.00. The summed E-state index contributed by atoms with van der Waals surface area (Å²) in [7, 11) is 0. The summed E-state index contributed by atoms with van der Waals surface area (Å²) in [6.45, 7) is 1.88. The van der Waals surface area contributed by atoms with E-state index in [2.05, 4.69) is 5.32 Å². The highest BCUT2D eigenvalue weighted by Gasteiger charge is 2.34. The fourth-order valence-corrected chi connectivity index (χ4v) is 3.99. The van der Waals surface area contributed by atoms with E-state index in [1.807, 2.05) is 34.1 Å². The van der Waals surface area contributed by atoms with Crippen LogP contribution in [-0.2, 0) is 9.59 Å². The maximum atomic E-state index is 13.0. The Morgan fingerprint density at radius 2 is 1.71 bits per heavy atom. The van der Waals surface area contributed by atoms with Crippen LogP contribution in [0.15, 0.2) is 48.5 Å². The SMILES string of the molecule is NC(=O)c1ccc(NC(=O)CN2CC(C(=O)N3CCCCC3)Oc3ccccc32)cc1. The summed E-state index contributed by atoms with van der Waals surface area (Å²) in [5.74, 6) is -0.177. The molecule has 2 aliphatic heterocycles. The number of piperidine rings is 1. The predicted octanol–water partition coefficient (Wildman–Crippen LogP) is 2.00. The average Bonchev–Trinajstić information content (AvgIpc) is 2.79. The summed E-state index contributed by atoms with van der Waals surface area (Å²) in [6, 6.07) is 13.8. The Morgan fingerprint density at radius 1 is 1.00 bits per heavy atom. The van der Waals surface area contributed by atoms with E-state index in [4.69, 9.17) is 10.5 Å². The second-order valence-corrected chi connectivity index (χ2v) is 7.83. The van der Waals surface area contributed by atoms with Crippen LogP contribution in [0, 0.1) is 0 Å². The lowest BCUT2D eigenvalue weighted by Gasteiger charge is -2.38. The largest absolute Gasteiger partial charge is 0.477 e. The van der Waals surface area contributed by atoms with E-state index in [9.17, 15) is 14.4 Å². The number of carbonyl (C=O) groups excluding carboxylic acids is 3. The highest BCUT2D eigenvalue weighted by atomic mass is 16.5. The van der Waals surface area contributed by atoms with Crippen LogP contribution in [0.25, 0.3) is 0 Å². The first-order valence-electron chi connectivity index (χ1n) is 10.5. The maximum absolute atomic E-state index is 13.0. The van der Waals surface area contributed by atoms with Crippen molar-refractivity contribution < 1.29 is 19.1 Å². The third-order valence-corrected chi connectivity index (χ3v) is 5.59. The molecule has 0 bridgehead atoms. The molecular formula is C23H26N4O4. The van der Waals surface area contributed by atoms with Crippen molar-refractivity contribution >= 4 is 29.1 Å². The number of carbonyl (C=O) groups is 3. The summed E-state index contributed by atoms with van der Waals surface area (Å²) in [6.07, 6.45) is 2.52. The van der Waals surface area contributed by atoms with E-state index in [-0.39, 0.29) is 18.4 Å². The molecule has 8 heteroatoms. The standard InChI is InChI=1S/C23H26N4O4/c24-22(29)16-8-10-17(11-9-16)25-21(28)15-27-14-20(23(30)26-12-4-1-5-13-26)31-19-7-3-2-6-18(19)27/h2-3,6-11,20H,1,4-5,12-15H2,(H2,24,29)(H,25,28). The average molecular weight is 422 g/mol. The number of anilines is 2. The van der Waals surface area contributed by atoms with Gasteiger partial charge >= 0.3 is 0 Å². The first-order chi connectivity index (χ1) is 15.0. The number of hydrogen-bond acceptors (Lipinski definition) is 5. The molecule has 162 valence electrons. The van der Waals surface area contributed by atoms with E-state index < -0.39 is 12.0 Å². The zero-order valence-electron chi connectivity index (χ0n) is 17.3. The number of rotatable bonds is 5. The van der Waals surface area contributed by atoms with E-state index in [1.54, 1.807) is 24.3 Å². The topological polar surface area (TPSA) is 105 Å². The van der Waals surface area contributed by atoms with Crippen molar-refractivity contribution in [2.24, 2.45) is 5.73 Å². The molecule has 0 radical (unpaired) electrons. The number of hydrogen-bond donors (Lipinski definition) is 2. The summed E-state index contributed by atoms with van der Waals surface area (Å²) >= 11 is 0. The van der Waals surface area contributed by atoms with Gasteiger partial charge in [-0.1, -0.05) is 12.1 Å². The van der Waals surface area contributed by atoms with Crippen LogP contribution < -0.4 is 20.7 Å². The molecule has 2 heterocycles. The summed E-state index contributed by atoms with van der Waals surface area (Å²) in [5.41, 5.74) is 6.97. The first-order valence-corrected chi connectivity index (χ1v) is 10.5. The fourth-order valence-electron chi connectivity index (χ4n) is 3.99. The van der Waals surface area contributed by atoms with Crippen molar-refractivity contribution in [1.82, 2.24) is 4.90 Å². The van der Waals surface area contributed by atoms with Gasteiger partial charge in [-0.2, -0.15) is 0 Å². The molecule has 1 fully saturated rings. The Hall–Kier alpha value is -3.55. The molecule has 2 aromatic rings. The Labute approximate surface area is 180 Å². The van der Waals surface area contributed by atoms with Crippen molar-refractivity contribution in [2.45, 2.75) is 25.4 Å². The first kappa shape index (κ1) is 20.7. The lowest BCUT2D eigenvalue weighted by Crippen LogP contribution is -2.52. The molecule has 1 saturated heterocycles. The van der Waals surface area contributed by atoms with Gasteiger partial charge in [0, 0.05) is 24.3 Å². The molecule has 31 heavy (non-hydrogen) atoms. The van der Waals surface area contributed by atoms with Gasteiger partial charge in [0.2, 0.25) is 11.8 Å². The number of nitrogens with zero attached hydrogens (tertiary/aromatic N) is 2. The molecule has 0 aromatic heterocycles. The van der Waals surface area contributed by atoms with Crippen LogP contribution in [0.4, 0.5) is 11.4 Å². The van der Waals surface area contributed by atoms with Crippen LogP contribution in [0.2, 0.25) is 0 Å². The minimum atomic E-state index is -0.643. The highest BCUT2D eigenvalue weighted by Crippen LogP contribution is 2.33. The maximum Gasteiger partial charge on any atom is 0.265 e. The van der Waals surface area contributed by atoms with Crippen LogP contribution in [0.1, 0.15) is 29.6 Å². The highest BCUT2D eigenvalue weighted by molar-refractivity contribution is 5.96. The third-order valence-electron chi connectivity index (χ3n) is 5.59. The van der Waals surface area contributed by atoms with Gasteiger partial charge in [0.25, 0.3) is 5.91 Å². The quantitative estimate of drug-likeness (QED) is 0.767. The normalized spacial score (nSPS) is 18.0. The van der Waals surface area contributed by atoms with Gasteiger partial charge in [-0.3, -0.25) is 14.4 Å². The van der Waals surface area contributed by atoms with Gasteiger partial charge in [-0.15, -0.1) is 0 Å². The van der Waals surface area contributed by atoms with Gasteiger partial charge in [-0.25, -0.2) is 0 Å². The van der Waals surface area contributed by atoms with Gasteiger partial charge in [0.05, 0.1) is 18.8 Å². The molecule has 2 aliphatic rings. The zero-order valence-corrected chi connectivity index (χ0v) is 17.3. The smallest absolute Gasteiger partial charge is 0.265 e. The molecule has 3 amide bonds. The van der Waals surface area contributed by atoms with Crippen LogP contribution in [0.5, 0.6) is 5.75 Å². The van der Waals surface area contributed by atoms with Gasteiger partial charge in [0.15, 0.2) is 6.10 Å². The van der Waals surface area contributed by atoms with Crippen molar-refractivity contribution in [3.05, 3.63) is 54.1 Å². The number of primary amides is 1. The number of fused-ring (bicyclic) bond motifs is 1. The fraction of sp³-hybridized carbons (Fsp3) is 0.348. The summed E-state index contributed by atoms with van der Waals surface area (Å²) in [4.78, 5) is 40.6. The van der Waals surface area contributed by atoms with Crippen molar-refractivity contribution in [2.75, 3.05) is 36.4 Å². The van der Waals surface area contributed by atoms with Crippen molar-refractivity contribution in [3.63, 3.8) is 0 Å². The van der Waals surface area contributed by atoms with Crippen molar-refractivity contribution in [3.8, 4) is 5.75 Å². The number of para-hydroxylation sites is 2. The molecule has 1 unspecified atom stereocenters. The molecule has 0 aliphatic carbocycles. The number of nitrogens with one attached hydrogen (secondary N) is 1. The zero-order chi connectivity index (χ0) is 21.8. The minimum Gasteiger partial charge on any atom is -0.477 e. The Bertz CT molecular complexity index is 970. The van der Waals surface area contributed by atoms with E-state index in [0.717, 1.165) is 38.0 Å². The van der Waals surface area contributed by atoms with Gasteiger partial charge in [0.1, 0.15) is 5.75 Å². The second-order valence-electron chi connectivity index (χ2n) is 7.83. The molecule has 2 aromatic carbocycles. The Morgan fingerprint density at radius 3 is 2.42 bits per heavy atom. The Kier molecular flexibility index (Phi) is 6.06. The van der Waals surface area contributed by atoms with Crippen LogP contribution >= 0.6 is 0 Å².